The molecule has 0 aromatic heterocycles. The first-order valence-corrected chi connectivity index (χ1v) is 6.41. The first-order valence-electron chi connectivity index (χ1n) is 6.41. The lowest BCUT2D eigenvalue weighted by molar-refractivity contribution is 0.0266. The Hall–Kier alpha value is -0.900. The van der Waals surface area contributed by atoms with Gasteiger partial charge in [0.15, 0.2) is 0 Å². The van der Waals surface area contributed by atoms with E-state index in [4.69, 9.17) is 9.57 Å². The molecule has 0 amide bonds. The lowest BCUT2D eigenvalue weighted by atomic mass is 10.0. The molecule has 3 heteroatoms. The Morgan fingerprint density at radius 2 is 2.18 bits per heavy atom. The fourth-order valence-electron chi connectivity index (χ4n) is 2.05. The fourth-order valence-corrected chi connectivity index (χ4v) is 2.05. The molecule has 1 aliphatic rings. The third-order valence-electron chi connectivity index (χ3n) is 3.10. The molecule has 1 N–H and O–H groups in total. The van der Waals surface area contributed by atoms with Crippen molar-refractivity contribution in [2.45, 2.75) is 25.9 Å². The van der Waals surface area contributed by atoms with Crippen molar-refractivity contribution in [1.82, 2.24) is 5.48 Å². The molecular weight excluding hydrogens is 214 g/mol. The van der Waals surface area contributed by atoms with E-state index in [-0.39, 0.29) is 0 Å². The molecule has 1 aromatic carbocycles. The molecule has 1 saturated heterocycles. The van der Waals surface area contributed by atoms with Crippen molar-refractivity contribution in [2.24, 2.45) is 5.92 Å². The Kier molecular flexibility index (Phi) is 5.49. The van der Waals surface area contributed by atoms with Gasteiger partial charge in [-0.25, -0.2) is 5.48 Å². The van der Waals surface area contributed by atoms with E-state index in [0.717, 1.165) is 32.1 Å². The lowest BCUT2D eigenvalue weighted by Crippen LogP contribution is -2.16. The molecule has 17 heavy (non-hydrogen) atoms. The summed E-state index contributed by atoms with van der Waals surface area (Å²) in [6.07, 6.45) is 3.62. The van der Waals surface area contributed by atoms with Crippen LogP contribution in [-0.2, 0) is 16.2 Å². The van der Waals surface area contributed by atoms with Gasteiger partial charge in [0.2, 0.25) is 0 Å². The van der Waals surface area contributed by atoms with Gasteiger partial charge in [-0.1, -0.05) is 30.3 Å². The van der Waals surface area contributed by atoms with Crippen LogP contribution in [0.3, 0.4) is 0 Å². The van der Waals surface area contributed by atoms with Crippen molar-refractivity contribution in [3.63, 3.8) is 0 Å². The zero-order chi connectivity index (χ0) is 11.8. The predicted molar refractivity (Wildman–Crippen MR) is 67.4 cm³/mol. The molecule has 0 bridgehead atoms. The number of hydrogen-bond acceptors (Lipinski definition) is 3. The minimum Gasteiger partial charge on any atom is -0.381 e. The van der Waals surface area contributed by atoms with Gasteiger partial charge in [-0.3, -0.25) is 4.84 Å². The molecule has 3 nitrogen and oxygen atoms in total. The summed E-state index contributed by atoms with van der Waals surface area (Å²) < 4.78 is 5.34. The molecule has 0 aliphatic carbocycles. The zero-order valence-corrected chi connectivity index (χ0v) is 10.2. The van der Waals surface area contributed by atoms with E-state index < -0.39 is 0 Å². The maximum absolute atomic E-state index is 5.40. The standard InChI is InChI=1S/C14H21NO2/c1-2-5-13(6-3-1)12-17-15-9-4-7-14-8-10-16-11-14/h1-3,5-6,14-15H,4,7-12H2. The van der Waals surface area contributed by atoms with Gasteiger partial charge in [0.1, 0.15) is 0 Å². The third-order valence-corrected chi connectivity index (χ3v) is 3.10. The van der Waals surface area contributed by atoms with E-state index in [9.17, 15) is 0 Å². The molecule has 0 radical (unpaired) electrons. The SMILES string of the molecule is c1ccc(CONCCCC2CCOC2)cc1. The first kappa shape index (κ1) is 12.6. The largest absolute Gasteiger partial charge is 0.381 e. The van der Waals surface area contributed by atoms with E-state index in [1.165, 1.54) is 18.4 Å². The van der Waals surface area contributed by atoms with Crippen molar-refractivity contribution in [3.8, 4) is 0 Å². The molecule has 94 valence electrons. The highest BCUT2D eigenvalue weighted by atomic mass is 16.6. The van der Waals surface area contributed by atoms with Crippen LogP contribution in [0.25, 0.3) is 0 Å². The van der Waals surface area contributed by atoms with Crippen LogP contribution in [0.4, 0.5) is 0 Å². The van der Waals surface area contributed by atoms with Crippen LogP contribution in [-0.4, -0.2) is 19.8 Å². The average molecular weight is 235 g/mol. The van der Waals surface area contributed by atoms with Gasteiger partial charge in [-0.05, 0) is 30.7 Å². The van der Waals surface area contributed by atoms with E-state index in [0.29, 0.717) is 6.61 Å². The highest BCUT2D eigenvalue weighted by molar-refractivity contribution is 5.13. The van der Waals surface area contributed by atoms with Crippen LogP contribution < -0.4 is 5.48 Å². The Morgan fingerprint density at radius 3 is 2.94 bits per heavy atom. The van der Waals surface area contributed by atoms with Crippen LogP contribution >= 0.6 is 0 Å². The summed E-state index contributed by atoms with van der Waals surface area (Å²) in [6, 6.07) is 10.2. The number of ether oxygens (including phenoxy) is 1. The number of hydroxylamine groups is 1. The second-order valence-corrected chi connectivity index (χ2v) is 4.54. The van der Waals surface area contributed by atoms with Crippen molar-refractivity contribution >= 4 is 0 Å². The predicted octanol–water partition coefficient (Wildman–Crippen LogP) is 2.52. The van der Waals surface area contributed by atoms with Gasteiger partial charge in [0.05, 0.1) is 6.61 Å². The summed E-state index contributed by atoms with van der Waals surface area (Å²) in [6.45, 7) is 3.45. The van der Waals surface area contributed by atoms with E-state index >= 15 is 0 Å². The second kappa shape index (κ2) is 7.43. The maximum atomic E-state index is 5.40. The topological polar surface area (TPSA) is 30.5 Å². The summed E-state index contributed by atoms with van der Waals surface area (Å²) in [7, 11) is 0. The molecule has 1 fully saturated rings. The Balaban J connectivity index is 1.46. The van der Waals surface area contributed by atoms with Gasteiger partial charge in [-0.2, -0.15) is 0 Å². The molecule has 1 aliphatic heterocycles. The monoisotopic (exact) mass is 235 g/mol. The summed E-state index contributed by atoms with van der Waals surface area (Å²) in [5, 5.41) is 0. The van der Waals surface area contributed by atoms with Crippen LogP contribution in [0, 0.1) is 5.92 Å². The molecule has 2 rings (SSSR count). The van der Waals surface area contributed by atoms with E-state index in [1.807, 2.05) is 18.2 Å². The van der Waals surface area contributed by atoms with E-state index in [1.54, 1.807) is 0 Å². The second-order valence-electron chi connectivity index (χ2n) is 4.54. The van der Waals surface area contributed by atoms with Gasteiger partial charge in [-0.15, -0.1) is 0 Å². The van der Waals surface area contributed by atoms with Crippen molar-refractivity contribution in [3.05, 3.63) is 35.9 Å². The van der Waals surface area contributed by atoms with Crippen LogP contribution in [0.5, 0.6) is 0 Å². The van der Waals surface area contributed by atoms with E-state index in [2.05, 4.69) is 17.6 Å². The van der Waals surface area contributed by atoms with Crippen molar-refractivity contribution in [2.75, 3.05) is 19.8 Å². The van der Waals surface area contributed by atoms with Gasteiger partial charge in [0.25, 0.3) is 0 Å². The normalized spacial score (nSPS) is 19.6. The molecular formula is C14H21NO2. The quantitative estimate of drug-likeness (QED) is 0.582. The van der Waals surface area contributed by atoms with Gasteiger partial charge < -0.3 is 4.74 Å². The molecule has 1 unspecified atom stereocenters. The van der Waals surface area contributed by atoms with Gasteiger partial charge in [0, 0.05) is 19.8 Å². The Bertz CT molecular complexity index is 296. The van der Waals surface area contributed by atoms with Crippen molar-refractivity contribution in [1.29, 1.82) is 0 Å². The molecule has 0 spiro atoms. The fraction of sp³-hybridized carbons (Fsp3) is 0.571. The smallest absolute Gasteiger partial charge is 0.0933 e. The maximum Gasteiger partial charge on any atom is 0.0933 e. The summed E-state index contributed by atoms with van der Waals surface area (Å²) >= 11 is 0. The summed E-state index contributed by atoms with van der Waals surface area (Å²) in [5.41, 5.74) is 4.22. The minimum absolute atomic E-state index is 0.632. The molecule has 1 aromatic rings. The molecule has 0 saturated carbocycles. The zero-order valence-electron chi connectivity index (χ0n) is 10.2. The Labute approximate surface area is 103 Å². The Morgan fingerprint density at radius 1 is 1.29 bits per heavy atom. The lowest BCUT2D eigenvalue weighted by Gasteiger charge is -2.08. The molecule has 1 atom stereocenters. The number of nitrogens with one attached hydrogen (secondary N) is 1. The highest BCUT2D eigenvalue weighted by Gasteiger charge is 2.14. The average Bonchev–Trinajstić information content (AvgIpc) is 2.88. The summed E-state index contributed by atoms with van der Waals surface area (Å²) in [5.74, 6) is 0.769. The van der Waals surface area contributed by atoms with Crippen LogP contribution in [0.15, 0.2) is 30.3 Å². The summed E-state index contributed by atoms with van der Waals surface area (Å²) in [4.78, 5) is 5.40. The first-order chi connectivity index (χ1) is 8.45. The van der Waals surface area contributed by atoms with Crippen molar-refractivity contribution < 1.29 is 9.57 Å². The third kappa shape index (κ3) is 4.86. The minimum atomic E-state index is 0.632. The number of rotatable bonds is 7. The van der Waals surface area contributed by atoms with Crippen LogP contribution in [0.1, 0.15) is 24.8 Å². The van der Waals surface area contributed by atoms with Gasteiger partial charge >= 0.3 is 0 Å². The number of hydrogen-bond donors (Lipinski definition) is 1. The number of benzene rings is 1. The molecule has 1 heterocycles. The van der Waals surface area contributed by atoms with Crippen LogP contribution in [0.2, 0.25) is 0 Å². The highest BCUT2D eigenvalue weighted by Crippen LogP contribution is 2.17.